The minimum Gasteiger partial charge on any atom is -0.322 e. The van der Waals surface area contributed by atoms with Crippen LogP contribution < -0.4 is 5.56 Å². The number of halogens is 1. The molecule has 0 amide bonds. The van der Waals surface area contributed by atoms with Crippen LogP contribution in [0.25, 0.3) is 10.9 Å². The minimum atomic E-state index is -0.314. The molecule has 0 unspecified atom stereocenters. The summed E-state index contributed by atoms with van der Waals surface area (Å²) in [4.78, 5) is 18.3. The molecule has 35 heavy (non-hydrogen) atoms. The van der Waals surface area contributed by atoms with Crippen LogP contribution in [0.3, 0.4) is 0 Å². The number of benzene rings is 2. The lowest BCUT2D eigenvalue weighted by atomic mass is 9.98. The number of pyridine rings is 1. The third kappa shape index (κ3) is 5.48. The Morgan fingerprint density at radius 3 is 2.43 bits per heavy atom. The number of hydrogen-bond acceptors (Lipinski definition) is 5. The average Bonchev–Trinajstić information content (AvgIpc) is 3.26. The number of nitrogens with zero attached hydrogens (tertiary/aromatic N) is 5. The number of hydrogen-bond donors (Lipinski definition) is 1. The molecule has 184 valence electrons. The van der Waals surface area contributed by atoms with Gasteiger partial charge >= 0.3 is 0 Å². The molecule has 0 radical (unpaired) electrons. The van der Waals surface area contributed by atoms with Gasteiger partial charge in [-0.2, -0.15) is 0 Å². The first-order chi connectivity index (χ1) is 16.5. The zero-order chi connectivity index (χ0) is 25.3. The average molecular weight is 477 g/mol. The lowest BCUT2D eigenvalue weighted by Crippen LogP contribution is -2.37. The third-order valence-corrected chi connectivity index (χ3v) is 6.17. The maximum atomic E-state index is 13.6. The van der Waals surface area contributed by atoms with Crippen molar-refractivity contribution in [2.24, 2.45) is 5.92 Å². The Kier molecular flexibility index (Phi) is 6.85. The molecule has 0 saturated carbocycles. The van der Waals surface area contributed by atoms with E-state index >= 15 is 0 Å². The molecule has 2 aromatic heterocycles. The Labute approximate surface area is 205 Å². The number of aryl methyl sites for hydroxylation is 1. The molecule has 0 aliphatic carbocycles. The maximum Gasteiger partial charge on any atom is 0.252 e. The minimum absolute atomic E-state index is 0.122. The molecule has 2 heterocycles. The van der Waals surface area contributed by atoms with E-state index in [1.807, 2.05) is 29.8 Å². The van der Waals surface area contributed by atoms with E-state index < -0.39 is 0 Å². The second-order valence-electron chi connectivity index (χ2n) is 10.6. The molecule has 1 atom stereocenters. The molecule has 7 nitrogen and oxygen atoms in total. The van der Waals surface area contributed by atoms with Crippen molar-refractivity contribution in [2.45, 2.75) is 66.2 Å². The fraction of sp³-hybridized carbons (Fsp3) is 0.407. The van der Waals surface area contributed by atoms with Gasteiger partial charge in [0.25, 0.3) is 5.56 Å². The van der Waals surface area contributed by atoms with Crippen molar-refractivity contribution in [3.05, 3.63) is 87.2 Å². The number of fused-ring (bicyclic) bond motifs is 1. The predicted molar refractivity (Wildman–Crippen MR) is 135 cm³/mol. The summed E-state index contributed by atoms with van der Waals surface area (Å²) in [6.07, 6.45) is 0. The molecule has 0 bridgehead atoms. The lowest BCUT2D eigenvalue weighted by Gasteiger charge is -2.35. The van der Waals surface area contributed by atoms with Gasteiger partial charge in [-0.25, -0.2) is 9.07 Å². The molecule has 0 fully saturated rings. The highest BCUT2D eigenvalue weighted by molar-refractivity contribution is 5.79. The summed E-state index contributed by atoms with van der Waals surface area (Å²) in [5.41, 5.74) is 3.11. The number of aromatic nitrogens is 5. The van der Waals surface area contributed by atoms with Crippen molar-refractivity contribution in [3.8, 4) is 0 Å². The standard InChI is InChI=1S/C27H33FN6O/c1-17(2)24(25-30-31-32-34(25)27(4,5)6)33(15-19-8-10-22(28)11-9-19)16-21-14-20-13-18(3)7-12-23(20)29-26(21)35/h7-14,17,24H,15-16H2,1-6H3,(H,29,35)/t24-/m0/s1. The van der Waals surface area contributed by atoms with E-state index in [1.54, 1.807) is 12.1 Å². The van der Waals surface area contributed by atoms with Gasteiger partial charge in [-0.15, -0.1) is 5.10 Å². The van der Waals surface area contributed by atoms with Crippen LogP contribution in [0.5, 0.6) is 0 Å². The number of H-pyrrole nitrogens is 1. The highest BCUT2D eigenvalue weighted by atomic mass is 19.1. The largest absolute Gasteiger partial charge is 0.322 e. The van der Waals surface area contributed by atoms with Crippen molar-refractivity contribution in [1.29, 1.82) is 0 Å². The molecule has 4 rings (SSSR count). The van der Waals surface area contributed by atoms with Gasteiger partial charge in [-0.3, -0.25) is 9.69 Å². The van der Waals surface area contributed by atoms with Crippen LogP contribution in [-0.2, 0) is 18.6 Å². The predicted octanol–water partition coefficient (Wildman–Crippen LogP) is 5.12. The van der Waals surface area contributed by atoms with Crippen molar-refractivity contribution in [2.75, 3.05) is 0 Å². The summed E-state index contributed by atoms with van der Waals surface area (Å²) >= 11 is 0. The fourth-order valence-corrected chi connectivity index (χ4v) is 4.52. The summed E-state index contributed by atoms with van der Waals surface area (Å²) in [6, 6.07) is 14.2. The van der Waals surface area contributed by atoms with Gasteiger partial charge in [0.2, 0.25) is 0 Å². The van der Waals surface area contributed by atoms with Gasteiger partial charge in [0.1, 0.15) is 5.82 Å². The second-order valence-corrected chi connectivity index (χ2v) is 10.6. The Balaban J connectivity index is 1.81. The normalized spacial score (nSPS) is 13.2. The van der Waals surface area contributed by atoms with Gasteiger partial charge in [-0.05, 0) is 85.3 Å². The highest BCUT2D eigenvalue weighted by Gasteiger charge is 2.33. The van der Waals surface area contributed by atoms with Crippen molar-refractivity contribution >= 4 is 10.9 Å². The Bertz CT molecular complexity index is 1370. The Morgan fingerprint density at radius 1 is 1.06 bits per heavy atom. The second kappa shape index (κ2) is 9.70. The van der Waals surface area contributed by atoms with Crippen molar-refractivity contribution in [3.63, 3.8) is 0 Å². The third-order valence-electron chi connectivity index (χ3n) is 6.17. The zero-order valence-corrected chi connectivity index (χ0v) is 21.2. The van der Waals surface area contributed by atoms with Gasteiger partial charge < -0.3 is 4.98 Å². The molecule has 2 aromatic carbocycles. The first kappa shape index (κ1) is 24.7. The van der Waals surface area contributed by atoms with Crippen LogP contribution in [0.15, 0.2) is 53.3 Å². The van der Waals surface area contributed by atoms with Crippen molar-refractivity contribution < 1.29 is 4.39 Å². The molecule has 0 aliphatic heterocycles. The summed E-state index contributed by atoms with van der Waals surface area (Å²) in [5, 5.41) is 13.7. The summed E-state index contributed by atoms with van der Waals surface area (Å²) in [5.74, 6) is 0.603. The zero-order valence-electron chi connectivity index (χ0n) is 21.2. The molecule has 0 aliphatic rings. The molecule has 4 aromatic rings. The maximum absolute atomic E-state index is 13.6. The quantitative estimate of drug-likeness (QED) is 0.401. The van der Waals surface area contributed by atoms with E-state index in [0.717, 1.165) is 27.9 Å². The van der Waals surface area contributed by atoms with E-state index in [9.17, 15) is 9.18 Å². The number of tetrazole rings is 1. The van der Waals surface area contributed by atoms with Crippen molar-refractivity contribution in [1.82, 2.24) is 30.1 Å². The number of aromatic amines is 1. The Hall–Kier alpha value is -3.39. The van der Waals surface area contributed by atoms with Crippen LogP contribution in [-0.4, -0.2) is 30.1 Å². The molecule has 0 saturated heterocycles. The van der Waals surface area contributed by atoms with Gasteiger partial charge in [0.15, 0.2) is 5.82 Å². The summed E-state index contributed by atoms with van der Waals surface area (Å²) < 4.78 is 15.5. The van der Waals surface area contributed by atoms with E-state index in [-0.39, 0.29) is 28.9 Å². The smallest absolute Gasteiger partial charge is 0.252 e. The van der Waals surface area contributed by atoms with Crippen LogP contribution in [0.1, 0.15) is 63.2 Å². The topological polar surface area (TPSA) is 79.7 Å². The van der Waals surface area contributed by atoms with Gasteiger partial charge in [0.05, 0.1) is 11.6 Å². The van der Waals surface area contributed by atoms with Crippen LogP contribution in [0.4, 0.5) is 4.39 Å². The van der Waals surface area contributed by atoms with Gasteiger partial charge in [0, 0.05) is 24.2 Å². The first-order valence-electron chi connectivity index (χ1n) is 11.9. The fourth-order valence-electron chi connectivity index (χ4n) is 4.52. The first-order valence-corrected chi connectivity index (χ1v) is 11.9. The van der Waals surface area contributed by atoms with E-state index in [1.165, 1.54) is 12.1 Å². The van der Waals surface area contributed by atoms with Crippen LogP contribution in [0.2, 0.25) is 0 Å². The Morgan fingerprint density at radius 2 is 1.77 bits per heavy atom. The lowest BCUT2D eigenvalue weighted by molar-refractivity contribution is 0.119. The molecule has 0 spiro atoms. The van der Waals surface area contributed by atoms with E-state index in [2.05, 4.69) is 66.1 Å². The molecular weight excluding hydrogens is 443 g/mol. The van der Waals surface area contributed by atoms with Crippen LogP contribution in [0, 0.1) is 18.7 Å². The SMILES string of the molecule is Cc1ccc2[nH]c(=O)c(CN(Cc3ccc(F)cc3)[C@H](c3nnnn3C(C)(C)C)C(C)C)cc2c1. The van der Waals surface area contributed by atoms with E-state index in [0.29, 0.717) is 18.7 Å². The monoisotopic (exact) mass is 476 g/mol. The van der Waals surface area contributed by atoms with Crippen LogP contribution >= 0.6 is 0 Å². The highest BCUT2D eigenvalue weighted by Crippen LogP contribution is 2.32. The molecular formula is C27H33FN6O. The molecule has 1 N–H and O–H groups in total. The van der Waals surface area contributed by atoms with E-state index in [4.69, 9.17) is 0 Å². The summed E-state index contributed by atoms with van der Waals surface area (Å²) in [6.45, 7) is 13.4. The van der Waals surface area contributed by atoms with Gasteiger partial charge in [-0.1, -0.05) is 37.6 Å². The number of rotatable bonds is 7. The summed E-state index contributed by atoms with van der Waals surface area (Å²) in [7, 11) is 0. The number of nitrogens with one attached hydrogen (secondary N) is 1. The molecule has 8 heteroatoms.